The molecular formula is C16H21N3O2. The van der Waals surface area contributed by atoms with Gasteiger partial charge in [0.25, 0.3) is 5.91 Å². The minimum Gasteiger partial charge on any atom is -0.358 e. The first kappa shape index (κ1) is 16.7. The van der Waals surface area contributed by atoms with Gasteiger partial charge >= 0.3 is 0 Å². The fourth-order valence-electron chi connectivity index (χ4n) is 1.90. The maximum Gasteiger partial charge on any atom is 0.254 e. The predicted molar refractivity (Wildman–Crippen MR) is 82.8 cm³/mol. The minimum absolute atomic E-state index is 0.0456. The number of nitrogens with one attached hydrogen (secondary N) is 1. The van der Waals surface area contributed by atoms with Crippen molar-refractivity contribution in [2.75, 3.05) is 26.7 Å². The molecule has 1 rings (SSSR count). The van der Waals surface area contributed by atoms with Crippen LogP contribution >= 0.6 is 0 Å². The third-order valence-electron chi connectivity index (χ3n) is 3.17. The zero-order chi connectivity index (χ0) is 15.8. The average Bonchev–Trinajstić information content (AvgIpc) is 2.50. The lowest BCUT2D eigenvalue weighted by atomic mass is 10.0. The molecule has 0 aliphatic carbocycles. The Labute approximate surface area is 125 Å². The third-order valence-corrected chi connectivity index (χ3v) is 3.17. The van der Waals surface area contributed by atoms with Gasteiger partial charge in [-0.2, -0.15) is 0 Å². The van der Waals surface area contributed by atoms with Gasteiger partial charge in [0.05, 0.1) is 13.1 Å². The maximum atomic E-state index is 12.5. The molecule has 0 atom stereocenters. The Kier molecular flexibility index (Phi) is 6.44. The molecule has 21 heavy (non-hydrogen) atoms. The summed E-state index contributed by atoms with van der Waals surface area (Å²) in [5.41, 5.74) is 7.52. The highest BCUT2D eigenvalue weighted by atomic mass is 16.2. The zero-order valence-electron chi connectivity index (χ0n) is 12.7. The average molecular weight is 287 g/mol. The summed E-state index contributed by atoms with van der Waals surface area (Å²) in [7, 11) is 1.55. The largest absolute Gasteiger partial charge is 0.358 e. The molecule has 1 aromatic rings. The monoisotopic (exact) mass is 287 g/mol. The summed E-state index contributed by atoms with van der Waals surface area (Å²) in [5, 5.41) is 2.52. The van der Waals surface area contributed by atoms with Crippen molar-refractivity contribution < 1.29 is 9.59 Å². The smallest absolute Gasteiger partial charge is 0.254 e. The summed E-state index contributed by atoms with van der Waals surface area (Å²) in [6.45, 7) is 4.47. The van der Waals surface area contributed by atoms with Gasteiger partial charge < -0.3 is 16.0 Å². The molecule has 0 aliphatic rings. The molecule has 5 nitrogen and oxygen atoms in total. The highest BCUT2D eigenvalue weighted by Crippen LogP contribution is 2.15. The number of hydrogen-bond acceptors (Lipinski definition) is 3. The molecule has 5 heteroatoms. The van der Waals surface area contributed by atoms with Crippen molar-refractivity contribution in [3.05, 3.63) is 34.9 Å². The molecular weight excluding hydrogens is 266 g/mol. The van der Waals surface area contributed by atoms with E-state index in [1.807, 2.05) is 19.9 Å². The van der Waals surface area contributed by atoms with E-state index in [2.05, 4.69) is 17.2 Å². The normalized spacial score (nSPS) is 9.52. The van der Waals surface area contributed by atoms with E-state index in [9.17, 15) is 9.59 Å². The molecule has 0 fully saturated rings. The second kappa shape index (κ2) is 8.08. The van der Waals surface area contributed by atoms with E-state index in [0.29, 0.717) is 12.1 Å². The van der Waals surface area contributed by atoms with Crippen LogP contribution in [0.1, 0.15) is 28.4 Å². The Morgan fingerprint density at radius 3 is 2.67 bits per heavy atom. The standard InChI is InChI=1S/C16H21N3O2/c1-4-19(11-15(20)18-3)16(21)14-9-5-7-13(12(14)2)8-6-10-17/h5,7,9H,4,10-11,17H2,1-3H3,(H,18,20). The first-order chi connectivity index (χ1) is 10.0. The maximum absolute atomic E-state index is 12.5. The van der Waals surface area contributed by atoms with Crippen molar-refractivity contribution in [3.63, 3.8) is 0 Å². The summed E-state index contributed by atoms with van der Waals surface area (Å²) in [4.78, 5) is 25.5. The molecule has 0 heterocycles. The zero-order valence-corrected chi connectivity index (χ0v) is 12.7. The van der Waals surface area contributed by atoms with Crippen molar-refractivity contribution >= 4 is 11.8 Å². The fraction of sp³-hybridized carbons (Fsp3) is 0.375. The Bertz CT molecular complexity index is 585. The van der Waals surface area contributed by atoms with Crippen LogP contribution < -0.4 is 11.1 Å². The second-order valence-corrected chi connectivity index (χ2v) is 4.48. The van der Waals surface area contributed by atoms with Crippen molar-refractivity contribution in [1.82, 2.24) is 10.2 Å². The molecule has 1 aromatic carbocycles. The molecule has 0 saturated carbocycles. The summed E-state index contributed by atoms with van der Waals surface area (Å²) in [6, 6.07) is 5.39. The van der Waals surface area contributed by atoms with E-state index in [1.54, 1.807) is 19.2 Å². The van der Waals surface area contributed by atoms with Gasteiger partial charge in [-0.15, -0.1) is 0 Å². The van der Waals surface area contributed by atoms with E-state index in [0.717, 1.165) is 11.1 Å². The Morgan fingerprint density at radius 2 is 2.10 bits per heavy atom. The number of carbonyl (C=O) groups is 2. The summed E-state index contributed by atoms with van der Waals surface area (Å²) >= 11 is 0. The number of carbonyl (C=O) groups excluding carboxylic acids is 2. The van der Waals surface area contributed by atoms with Crippen LogP contribution in [-0.2, 0) is 4.79 Å². The van der Waals surface area contributed by atoms with Crippen LogP contribution in [0.5, 0.6) is 0 Å². The van der Waals surface area contributed by atoms with E-state index < -0.39 is 0 Å². The van der Waals surface area contributed by atoms with Gasteiger partial charge in [-0.05, 0) is 31.5 Å². The molecule has 112 valence electrons. The van der Waals surface area contributed by atoms with Crippen LogP contribution in [0.25, 0.3) is 0 Å². The highest BCUT2D eigenvalue weighted by Gasteiger charge is 2.19. The van der Waals surface area contributed by atoms with E-state index in [4.69, 9.17) is 5.73 Å². The van der Waals surface area contributed by atoms with E-state index >= 15 is 0 Å². The minimum atomic E-state index is -0.193. The lowest BCUT2D eigenvalue weighted by Gasteiger charge is -2.21. The van der Waals surface area contributed by atoms with Gasteiger partial charge in [-0.25, -0.2) is 0 Å². The lowest BCUT2D eigenvalue weighted by molar-refractivity contribution is -0.121. The van der Waals surface area contributed by atoms with Gasteiger partial charge in [-0.3, -0.25) is 9.59 Å². The van der Waals surface area contributed by atoms with Crippen LogP contribution in [0.3, 0.4) is 0 Å². The molecule has 0 saturated heterocycles. The quantitative estimate of drug-likeness (QED) is 0.792. The van der Waals surface area contributed by atoms with Gasteiger partial charge in [0, 0.05) is 24.7 Å². The number of benzene rings is 1. The van der Waals surface area contributed by atoms with Gasteiger partial charge in [-0.1, -0.05) is 17.9 Å². The molecule has 0 bridgehead atoms. The number of nitrogens with two attached hydrogens (primary N) is 1. The predicted octanol–water partition coefficient (Wildman–Crippen LogP) is 0.513. The van der Waals surface area contributed by atoms with Crippen LogP contribution in [0, 0.1) is 18.8 Å². The molecule has 0 spiro atoms. The van der Waals surface area contributed by atoms with Crippen molar-refractivity contribution in [2.45, 2.75) is 13.8 Å². The molecule has 0 aromatic heterocycles. The number of likely N-dealkylation sites (N-methyl/N-ethyl adjacent to an activating group) is 2. The van der Waals surface area contributed by atoms with Crippen LogP contribution in [-0.4, -0.2) is 43.4 Å². The van der Waals surface area contributed by atoms with Crippen molar-refractivity contribution in [2.24, 2.45) is 5.73 Å². The second-order valence-electron chi connectivity index (χ2n) is 4.48. The van der Waals surface area contributed by atoms with Crippen molar-refractivity contribution in [1.29, 1.82) is 0 Å². The fourth-order valence-corrected chi connectivity index (χ4v) is 1.90. The number of nitrogens with zero attached hydrogens (tertiary/aromatic N) is 1. The Balaban J connectivity index is 3.08. The Morgan fingerprint density at radius 1 is 1.38 bits per heavy atom. The number of amides is 2. The highest BCUT2D eigenvalue weighted by molar-refractivity contribution is 5.98. The molecule has 3 N–H and O–H groups in total. The van der Waals surface area contributed by atoms with Gasteiger partial charge in [0.1, 0.15) is 0 Å². The SMILES string of the molecule is CCN(CC(=O)NC)C(=O)c1cccc(C#CCN)c1C. The molecule has 0 unspecified atom stereocenters. The summed E-state index contributed by atoms with van der Waals surface area (Å²) < 4.78 is 0. The van der Waals surface area contributed by atoms with Crippen LogP contribution in [0.15, 0.2) is 18.2 Å². The van der Waals surface area contributed by atoms with E-state index in [-0.39, 0.29) is 24.9 Å². The first-order valence-corrected chi connectivity index (χ1v) is 6.83. The molecule has 2 amide bonds. The number of hydrogen-bond donors (Lipinski definition) is 2. The van der Waals surface area contributed by atoms with Crippen LogP contribution in [0.4, 0.5) is 0 Å². The van der Waals surface area contributed by atoms with Crippen molar-refractivity contribution in [3.8, 4) is 11.8 Å². The topological polar surface area (TPSA) is 75.4 Å². The molecule has 0 aliphatic heterocycles. The van der Waals surface area contributed by atoms with Gasteiger partial charge in [0.15, 0.2) is 0 Å². The van der Waals surface area contributed by atoms with Gasteiger partial charge in [0.2, 0.25) is 5.91 Å². The number of rotatable bonds is 4. The van der Waals surface area contributed by atoms with Crippen LogP contribution in [0.2, 0.25) is 0 Å². The summed E-state index contributed by atoms with van der Waals surface area (Å²) in [6.07, 6.45) is 0. The third kappa shape index (κ3) is 4.33. The lowest BCUT2D eigenvalue weighted by Crippen LogP contribution is -2.39. The van der Waals surface area contributed by atoms with E-state index in [1.165, 1.54) is 4.90 Å². The first-order valence-electron chi connectivity index (χ1n) is 6.83. The molecule has 0 radical (unpaired) electrons. The Hall–Kier alpha value is -2.32. The summed E-state index contributed by atoms with van der Waals surface area (Å²) in [5.74, 6) is 5.37.